The summed E-state index contributed by atoms with van der Waals surface area (Å²) < 4.78 is 0. The minimum absolute atomic E-state index is 0.643. The van der Waals surface area contributed by atoms with E-state index >= 15 is 0 Å². The van der Waals surface area contributed by atoms with E-state index in [1.807, 2.05) is 11.8 Å². The van der Waals surface area contributed by atoms with Crippen LogP contribution in [0.5, 0.6) is 0 Å². The van der Waals surface area contributed by atoms with Crippen LogP contribution in [0.15, 0.2) is 35.3 Å². The van der Waals surface area contributed by atoms with Crippen LogP contribution < -0.4 is 5.32 Å². The third-order valence-electron chi connectivity index (χ3n) is 2.34. The highest BCUT2D eigenvalue weighted by Crippen LogP contribution is 2.18. The Labute approximate surface area is 95.2 Å². The van der Waals surface area contributed by atoms with Crippen molar-refractivity contribution >= 4 is 16.9 Å². The highest BCUT2D eigenvalue weighted by atomic mass is 32.2. The Bertz CT molecular complexity index is 335. The zero-order valence-electron chi connectivity index (χ0n) is 8.94. The van der Waals surface area contributed by atoms with E-state index in [-0.39, 0.29) is 0 Å². The van der Waals surface area contributed by atoms with E-state index in [1.54, 1.807) is 0 Å². The summed E-state index contributed by atoms with van der Waals surface area (Å²) in [6.45, 7) is 4.14. The topological polar surface area (TPSA) is 24.4 Å². The van der Waals surface area contributed by atoms with Crippen LogP contribution >= 0.6 is 11.8 Å². The quantitative estimate of drug-likeness (QED) is 0.845. The lowest BCUT2D eigenvalue weighted by Crippen LogP contribution is -2.22. The molecule has 0 unspecified atom stereocenters. The van der Waals surface area contributed by atoms with Crippen LogP contribution in [-0.2, 0) is 6.42 Å². The maximum atomic E-state index is 4.42. The predicted octanol–water partition coefficient (Wildman–Crippen LogP) is 2.31. The molecule has 1 heterocycles. The largest absolute Gasteiger partial charge is 0.365 e. The van der Waals surface area contributed by atoms with E-state index < -0.39 is 0 Å². The second-order valence-corrected chi connectivity index (χ2v) is 5.16. The van der Waals surface area contributed by atoms with Crippen molar-refractivity contribution in [2.75, 3.05) is 13.1 Å². The van der Waals surface area contributed by atoms with Crippen LogP contribution in [0.1, 0.15) is 12.5 Å². The molecule has 0 aliphatic carbocycles. The molecule has 1 aliphatic heterocycles. The van der Waals surface area contributed by atoms with Gasteiger partial charge in [-0.25, -0.2) is 0 Å². The van der Waals surface area contributed by atoms with Gasteiger partial charge in [0.25, 0.3) is 0 Å². The van der Waals surface area contributed by atoms with Crippen molar-refractivity contribution in [2.45, 2.75) is 18.6 Å². The first-order valence-corrected chi connectivity index (χ1v) is 6.21. The van der Waals surface area contributed by atoms with E-state index in [2.05, 4.69) is 47.6 Å². The predicted molar refractivity (Wildman–Crippen MR) is 67.5 cm³/mol. The minimum atomic E-state index is 0.643. The third kappa shape index (κ3) is 3.27. The molecule has 15 heavy (non-hydrogen) atoms. The third-order valence-corrected chi connectivity index (χ3v) is 3.39. The Morgan fingerprint density at radius 3 is 2.87 bits per heavy atom. The van der Waals surface area contributed by atoms with Gasteiger partial charge in [-0.3, -0.25) is 4.99 Å². The van der Waals surface area contributed by atoms with Crippen LogP contribution in [0.4, 0.5) is 0 Å². The molecule has 1 atom stereocenters. The standard InChI is InChI=1S/C12H16N2S/c1-10-9-14-12(15-10)13-8-7-11-5-3-2-4-6-11/h2-6,10H,7-9H2,1H3,(H,13,14)/t10-/m1/s1. The van der Waals surface area contributed by atoms with Gasteiger partial charge in [0.05, 0.1) is 6.54 Å². The van der Waals surface area contributed by atoms with Crippen molar-refractivity contribution in [1.29, 1.82) is 0 Å². The Morgan fingerprint density at radius 1 is 1.40 bits per heavy atom. The van der Waals surface area contributed by atoms with Crippen LogP contribution in [-0.4, -0.2) is 23.5 Å². The second kappa shape index (κ2) is 5.21. The number of thioether (sulfide) groups is 1. The fraction of sp³-hybridized carbons (Fsp3) is 0.417. The molecule has 1 aromatic carbocycles. The van der Waals surface area contributed by atoms with Crippen molar-refractivity contribution in [3.63, 3.8) is 0 Å². The van der Waals surface area contributed by atoms with Crippen LogP contribution in [0, 0.1) is 0 Å². The second-order valence-electron chi connectivity index (χ2n) is 3.74. The Hall–Kier alpha value is -0.960. The van der Waals surface area contributed by atoms with Gasteiger partial charge in [0.1, 0.15) is 0 Å². The fourth-order valence-corrected chi connectivity index (χ4v) is 2.40. The lowest BCUT2D eigenvalue weighted by Gasteiger charge is -2.05. The smallest absolute Gasteiger partial charge is 0.156 e. The average Bonchev–Trinajstić information content (AvgIpc) is 2.66. The highest BCUT2D eigenvalue weighted by Gasteiger charge is 2.13. The molecular weight excluding hydrogens is 204 g/mol. The van der Waals surface area contributed by atoms with Gasteiger partial charge in [0, 0.05) is 11.8 Å². The summed E-state index contributed by atoms with van der Waals surface area (Å²) >= 11 is 1.84. The van der Waals surface area contributed by atoms with Crippen LogP contribution in [0.25, 0.3) is 0 Å². The molecule has 3 heteroatoms. The molecule has 1 N–H and O–H groups in total. The van der Waals surface area contributed by atoms with E-state index in [0.29, 0.717) is 5.25 Å². The molecule has 0 saturated heterocycles. The summed E-state index contributed by atoms with van der Waals surface area (Å²) in [4.78, 5) is 4.42. The molecule has 1 aliphatic rings. The Kier molecular flexibility index (Phi) is 3.67. The lowest BCUT2D eigenvalue weighted by atomic mass is 10.2. The minimum Gasteiger partial charge on any atom is -0.365 e. The number of aliphatic imine (C=N–C) groups is 1. The normalized spacial score (nSPS) is 20.1. The van der Waals surface area contributed by atoms with Gasteiger partial charge in [-0.05, 0) is 12.0 Å². The number of amidine groups is 1. The van der Waals surface area contributed by atoms with E-state index in [1.165, 1.54) is 5.56 Å². The van der Waals surface area contributed by atoms with Gasteiger partial charge in [0.15, 0.2) is 5.17 Å². The van der Waals surface area contributed by atoms with Gasteiger partial charge in [-0.2, -0.15) is 0 Å². The molecule has 0 bridgehead atoms. The molecule has 0 saturated carbocycles. The van der Waals surface area contributed by atoms with Gasteiger partial charge in [-0.1, -0.05) is 49.0 Å². The molecule has 2 nitrogen and oxygen atoms in total. The zero-order chi connectivity index (χ0) is 10.5. The monoisotopic (exact) mass is 220 g/mol. The zero-order valence-corrected chi connectivity index (χ0v) is 9.76. The first kappa shape index (κ1) is 10.6. The summed E-state index contributed by atoms with van der Waals surface area (Å²) in [7, 11) is 0. The van der Waals surface area contributed by atoms with Crippen LogP contribution in [0.2, 0.25) is 0 Å². The van der Waals surface area contributed by atoms with Gasteiger partial charge < -0.3 is 5.32 Å². The van der Waals surface area contributed by atoms with Crippen molar-refractivity contribution in [1.82, 2.24) is 5.32 Å². The van der Waals surface area contributed by atoms with Crippen molar-refractivity contribution in [3.05, 3.63) is 35.9 Å². The summed E-state index contributed by atoms with van der Waals surface area (Å²) in [6, 6.07) is 10.5. The van der Waals surface area contributed by atoms with Crippen molar-refractivity contribution in [3.8, 4) is 0 Å². The van der Waals surface area contributed by atoms with Gasteiger partial charge in [0.2, 0.25) is 0 Å². The Balaban J connectivity index is 1.72. The molecule has 0 radical (unpaired) electrons. The number of benzene rings is 1. The van der Waals surface area contributed by atoms with E-state index in [0.717, 1.165) is 24.7 Å². The number of rotatable bonds is 3. The van der Waals surface area contributed by atoms with Gasteiger partial charge >= 0.3 is 0 Å². The molecule has 0 aromatic heterocycles. The molecular formula is C12H16N2S. The number of nitrogens with one attached hydrogen (secondary N) is 1. The molecule has 0 spiro atoms. The number of nitrogens with zero attached hydrogens (tertiary/aromatic N) is 1. The SMILES string of the molecule is C[C@@H]1CN=C(NCCc2ccccc2)S1. The van der Waals surface area contributed by atoms with E-state index in [9.17, 15) is 0 Å². The average molecular weight is 220 g/mol. The molecule has 0 amide bonds. The fourth-order valence-electron chi connectivity index (χ4n) is 1.53. The maximum Gasteiger partial charge on any atom is 0.156 e. The summed E-state index contributed by atoms with van der Waals surface area (Å²) in [5.74, 6) is 0. The highest BCUT2D eigenvalue weighted by molar-refractivity contribution is 8.14. The molecule has 0 fully saturated rings. The number of hydrogen-bond donors (Lipinski definition) is 1. The first-order chi connectivity index (χ1) is 7.34. The Morgan fingerprint density at radius 2 is 2.20 bits per heavy atom. The van der Waals surface area contributed by atoms with Crippen molar-refractivity contribution in [2.24, 2.45) is 4.99 Å². The van der Waals surface area contributed by atoms with Gasteiger partial charge in [-0.15, -0.1) is 0 Å². The molecule has 1 aromatic rings. The molecule has 2 rings (SSSR count). The van der Waals surface area contributed by atoms with E-state index in [4.69, 9.17) is 0 Å². The first-order valence-electron chi connectivity index (χ1n) is 5.33. The summed E-state index contributed by atoms with van der Waals surface area (Å²) in [6.07, 6.45) is 1.06. The van der Waals surface area contributed by atoms with Crippen LogP contribution in [0.3, 0.4) is 0 Å². The molecule has 80 valence electrons. The van der Waals surface area contributed by atoms with Crippen molar-refractivity contribution < 1.29 is 0 Å². The summed E-state index contributed by atoms with van der Waals surface area (Å²) in [5.41, 5.74) is 1.38. The maximum absolute atomic E-state index is 4.42. The lowest BCUT2D eigenvalue weighted by molar-refractivity contribution is 0.869. The summed E-state index contributed by atoms with van der Waals surface area (Å²) in [5, 5.41) is 5.13. The number of hydrogen-bond acceptors (Lipinski definition) is 3.